The molecule has 12 aromatic rings. The fraction of sp³-hybridized carbons (Fsp3) is 0. The molecule has 256 valence electrons. The molecule has 55 heavy (non-hydrogen) atoms. The average molecular weight is 721 g/mol. The Hall–Kier alpha value is -7.15. The van der Waals surface area contributed by atoms with Crippen molar-refractivity contribution in [3.05, 3.63) is 170 Å². The smallest absolute Gasteiger partial charge is 0.165 e. The van der Waals surface area contributed by atoms with Crippen molar-refractivity contribution >= 4 is 86.0 Å². The molecule has 0 saturated heterocycles. The van der Waals surface area contributed by atoms with Crippen molar-refractivity contribution in [2.75, 3.05) is 0 Å². The van der Waals surface area contributed by atoms with E-state index in [0.717, 1.165) is 54.5 Å². The van der Waals surface area contributed by atoms with Gasteiger partial charge in [0.1, 0.15) is 11.2 Å². The SMILES string of the molecule is c1cc(-c2nc(-c3ccc4c(c3)oc3ccccc34)nc(-c3cccc4c3sc3ccccc34)n2)cc(-n2c3ccccc3c3ccc4ccccc4c32)c1. The van der Waals surface area contributed by atoms with E-state index < -0.39 is 0 Å². The summed E-state index contributed by atoms with van der Waals surface area (Å²) in [6, 6.07) is 59.7. The monoisotopic (exact) mass is 720 g/mol. The summed E-state index contributed by atoms with van der Waals surface area (Å²) >= 11 is 1.78. The van der Waals surface area contributed by atoms with Gasteiger partial charge in [-0.15, -0.1) is 11.3 Å². The quantitative estimate of drug-likeness (QED) is 0.182. The number of benzene rings is 8. The van der Waals surface area contributed by atoms with E-state index in [1.165, 1.54) is 42.5 Å². The predicted octanol–water partition coefficient (Wildman–Crippen LogP) is 13.4. The lowest BCUT2D eigenvalue weighted by Gasteiger charge is -2.12. The van der Waals surface area contributed by atoms with Gasteiger partial charge < -0.3 is 8.98 Å². The molecule has 0 amide bonds. The van der Waals surface area contributed by atoms with Gasteiger partial charge in [0.2, 0.25) is 0 Å². The number of rotatable bonds is 4. The summed E-state index contributed by atoms with van der Waals surface area (Å²) in [6.45, 7) is 0. The molecule has 12 rings (SSSR count). The van der Waals surface area contributed by atoms with Gasteiger partial charge in [-0.05, 0) is 53.9 Å². The van der Waals surface area contributed by atoms with Crippen molar-refractivity contribution < 1.29 is 4.42 Å². The Balaban J connectivity index is 1.10. The minimum atomic E-state index is 0.591. The lowest BCUT2D eigenvalue weighted by molar-refractivity contribution is 0.669. The molecule has 0 aliphatic carbocycles. The van der Waals surface area contributed by atoms with Crippen molar-refractivity contribution in [2.45, 2.75) is 0 Å². The molecule has 0 unspecified atom stereocenters. The van der Waals surface area contributed by atoms with E-state index in [9.17, 15) is 0 Å². The van der Waals surface area contributed by atoms with Crippen LogP contribution in [0.2, 0.25) is 0 Å². The maximum Gasteiger partial charge on any atom is 0.165 e. The minimum Gasteiger partial charge on any atom is -0.456 e. The number of hydrogen-bond acceptors (Lipinski definition) is 5. The summed E-state index contributed by atoms with van der Waals surface area (Å²) in [4.78, 5) is 15.7. The molecule has 0 radical (unpaired) electrons. The minimum absolute atomic E-state index is 0.591. The first-order valence-electron chi connectivity index (χ1n) is 18.4. The zero-order valence-corrected chi connectivity index (χ0v) is 30.1. The molecule has 0 bridgehead atoms. The molecule has 0 N–H and O–H groups in total. The van der Waals surface area contributed by atoms with Crippen LogP contribution in [0.1, 0.15) is 0 Å². The fourth-order valence-corrected chi connectivity index (χ4v) is 9.54. The molecule has 4 heterocycles. The molecule has 0 spiro atoms. The van der Waals surface area contributed by atoms with Gasteiger partial charge in [0, 0.05) is 69.5 Å². The second kappa shape index (κ2) is 11.7. The van der Waals surface area contributed by atoms with Crippen LogP contribution >= 0.6 is 11.3 Å². The number of thiophene rings is 1. The Morgan fingerprint density at radius 2 is 1.11 bits per heavy atom. The van der Waals surface area contributed by atoms with Gasteiger partial charge in [0.25, 0.3) is 0 Å². The highest BCUT2D eigenvalue weighted by molar-refractivity contribution is 7.26. The van der Waals surface area contributed by atoms with E-state index in [1.807, 2.05) is 18.2 Å². The number of para-hydroxylation sites is 2. The Bertz CT molecular complexity index is 3520. The second-order valence-electron chi connectivity index (χ2n) is 14.0. The van der Waals surface area contributed by atoms with Gasteiger partial charge in [0.05, 0.1) is 11.0 Å². The highest BCUT2D eigenvalue weighted by Crippen LogP contribution is 2.41. The van der Waals surface area contributed by atoms with Crippen LogP contribution in [0.5, 0.6) is 0 Å². The van der Waals surface area contributed by atoms with Crippen molar-refractivity contribution in [1.29, 1.82) is 0 Å². The van der Waals surface area contributed by atoms with Crippen LogP contribution in [0.25, 0.3) is 115 Å². The van der Waals surface area contributed by atoms with Crippen LogP contribution < -0.4 is 0 Å². The average Bonchev–Trinajstić information content (AvgIpc) is 3.93. The molecular weight excluding hydrogens is 693 g/mol. The van der Waals surface area contributed by atoms with Gasteiger partial charge in [-0.2, -0.15) is 0 Å². The van der Waals surface area contributed by atoms with Crippen LogP contribution in [-0.4, -0.2) is 19.5 Å². The highest BCUT2D eigenvalue weighted by atomic mass is 32.1. The standard InChI is InChI=1S/C49H28N4OS/c1-2-14-33-29(11-1)23-26-38-34-15-3-6-20-41(34)53(45(33)38)32-13-9-12-30(27-32)47-50-48(31-24-25-36-35-16-4-7-21-42(35)54-43(36)28-31)52-49(51-47)40-19-10-18-39-37-17-5-8-22-44(37)55-46(39)40/h1-28H. The zero-order chi connectivity index (χ0) is 36.0. The van der Waals surface area contributed by atoms with E-state index in [2.05, 4.69) is 156 Å². The fourth-order valence-electron chi connectivity index (χ4n) is 8.33. The third-order valence-corrected chi connectivity index (χ3v) is 12.1. The highest BCUT2D eigenvalue weighted by Gasteiger charge is 2.19. The number of furan rings is 1. The number of hydrogen-bond donors (Lipinski definition) is 0. The maximum atomic E-state index is 6.32. The third-order valence-electron chi connectivity index (χ3n) is 10.8. The van der Waals surface area contributed by atoms with Crippen molar-refractivity contribution in [3.8, 4) is 39.9 Å². The van der Waals surface area contributed by atoms with E-state index in [0.29, 0.717) is 17.5 Å². The van der Waals surface area contributed by atoms with Crippen molar-refractivity contribution in [1.82, 2.24) is 19.5 Å². The van der Waals surface area contributed by atoms with Crippen molar-refractivity contribution in [3.63, 3.8) is 0 Å². The summed E-state index contributed by atoms with van der Waals surface area (Å²) in [6.07, 6.45) is 0. The van der Waals surface area contributed by atoms with Crippen LogP contribution in [-0.2, 0) is 0 Å². The Labute approximate surface area is 318 Å². The molecule has 4 aromatic heterocycles. The van der Waals surface area contributed by atoms with E-state index in [-0.39, 0.29) is 0 Å². The molecular formula is C49H28N4OS. The first-order chi connectivity index (χ1) is 27.2. The van der Waals surface area contributed by atoms with Crippen LogP contribution in [0, 0.1) is 0 Å². The normalized spacial score (nSPS) is 12.0. The van der Waals surface area contributed by atoms with Gasteiger partial charge >= 0.3 is 0 Å². The molecule has 5 nitrogen and oxygen atoms in total. The topological polar surface area (TPSA) is 56.7 Å². The van der Waals surface area contributed by atoms with Gasteiger partial charge in [-0.1, -0.05) is 121 Å². The number of nitrogens with zero attached hydrogens (tertiary/aromatic N) is 4. The number of aromatic nitrogens is 4. The summed E-state index contributed by atoms with van der Waals surface area (Å²) in [5.74, 6) is 1.83. The lowest BCUT2D eigenvalue weighted by Crippen LogP contribution is -2.01. The summed E-state index contributed by atoms with van der Waals surface area (Å²) in [7, 11) is 0. The van der Waals surface area contributed by atoms with Crippen LogP contribution in [0.15, 0.2) is 174 Å². The maximum absolute atomic E-state index is 6.32. The second-order valence-corrected chi connectivity index (χ2v) is 15.0. The Morgan fingerprint density at radius 1 is 0.436 bits per heavy atom. The molecule has 0 fully saturated rings. The van der Waals surface area contributed by atoms with Crippen molar-refractivity contribution in [2.24, 2.45) is 0 Å². The summed E-state index contributed by atoms with van der Waals surface area (Å²) in [5, 5.41) is 9.45. The summed E-state index contributed by atoms with van der Waals surface area (Å²) in [5.41, 5.74) is 7.79. The third kappa shape index (κ3) is 4.62. The number of fused-ring (bicyclic) bond motifs is 11. The predicted molar refractivity (Wildman–Crippen MR) is 228 cm³/mol. The molecule has 0 aliphatic heterocycles. The van der Waals surface area contributed by atoms with Gasteiger partial charge in [0.15, 0.2) is 17.5 Å². The zero-order valence-electron chi connectivity index (χ0n) is 29.3. The van der Waals surface area contributed by atoms with E-state index in [1.54, 1.807) is 11.3 Å². The molecule has 6 heteroatoms. The van der Waals surface area contributed by atoms with Crippen LogP contribution in [0.4, 0.5) is 0 Å². The lowest BCUT2D eigenvalue weighted by atomic mass is 10.1. The van der Waals surface area contributed by atoms with Crippen LogP contribution in [0.3, 0.4) is 0 Å². The first-order valence-corrected chi connectivity index (χ1v) is 19.2. The molecule has 0 saturated carbocycles. The Morgan fingerprint density at radius 3 is 2.02 bits per heavy atom. The van der Waals surface area contributed by atoms with E-state index in [4.69, 9.17) is 19.4 Å². The Kier molecular flexibility index (Phi) is 6.44. The van der Waals surface area contributed by atoms with E-state index >= 15 is 0 Å². The molecule has 0 aliphatic rings. The van der Waals surface area contributed by atoms with Gasteiger partial charge in [-0.25, -0.2) is 15.0 Å². The summed E-state index contributed by atoms with van der Waals surface area (Å²) < 4.78 is 11.1. The largest absolute Gasteiger partial charge is 0.456 e. The molecule has 8 aromatic carbocycles. The van der Waals surface area contributed by atoms with Gasteiger partial charge in [-0.3, -0.25) is 0 Å². The molecule has 0 atom stereocenters. The first kappa shape index (κ1) is 30.3.